The zero-order valence-electron chi connectivity index (χ0n) is 13.8. The molecule has 0 bridgehead atoms. The van der Waals surface area contributed by atoms with E-state index in [-0.39, 0.29) is 17.8 Å². The van der Waals surface area contributed by atoms with Gasteiger partial charge in [-0.2, -0.15) is 0 Å². The van der Waals surface area contributed by atoms with Crippen molar-refractivity contribution in [3.63, 3.8) is 0 Å². The summed E-state index contributed by atoms with van der Waals surface area (Å²) in [6.45, 7) is 2.02. The molecule has 2 aliphatic rings. The fourth-order valence-corrected chi connectivity index (χ4v) is 3.29. The van der Waals surface area contributed by atoms with Gasteiger partial charge in [-0.1, -0.05) is 0 Å². The van der Waals surface area contributed by atoms with Crippen LogP contribution in [0.3, 0.4) is 0 Å². The summed E-state index contributed by atoms with van der Waals surface area (Å²) in [6, 6.07) is 6.15. The number of halogens is 1. The molecule has 1 N–H and O–H groups in total. The SMILES string of the molecule is COc1cc(N2CC[C@@]3(O)C(=O)c4cc(F)c(C)cc4N=C23)ccn1. The predicted octanol–water partition coefficient (Wildman–Crippen LogP) is 2.41. The number of aliphatic imine (C=N–C) groups is 1. The highest BCUT2D eigenvalue weighted by atomic mass is 19.1. The molecule has 0 unspecified atom stereocenters. The minimum absolute atomic E-state index is 0.114. The lowest BCUT2D eigenvalue weighted by Crippen LogP contribution is -2.48. The molecule has 4 rings (SSSR count). The number of benzene rings is 1. The van der Waals surface area contributed by atoms with E-state index in [1.165, 1.54) is 13.2 Å². The number of ether oxygens (including phenoxy) is 1. The number of pyridine rings is 1. The van der Waals surface area contributed by atoms with Crippen molar-refractivity contribution in [3.8, 4) is 5.88 Å². The molecule has 1 aromatic heterocycles. The number of carbonyl (C=O) groups excluding carboxylic acids is 1. The van der Waals surface area contributed by atoms with E-state index in [9.17, 15) is 14.3 Å². The number of amidine groups is 1. The van der Waals surface area contributed by atoms with Gasteiger partial charge < -0.3 is 14.7 Å². The molecule has 25 heavy (non-hydrogen) atoms. The van der Waals surface area contributed by atoms with E-state index in [0.717, 1.165) is 11.8 Å². The molecular formula is C18H16FN3O3. The van der Waals surface area contributed by atoms with E-state index in [1.807, 2.05) is 0 Å². The Bertz CT molecular complexity index is 928. The second-order valence-corrected chi connectivity index (χ2v) is 6.20. The molecule has 128 valence electrons. The summed E-state index contributed by atoms with van der Waals surface area (Å²) in [5.41, 5.74) is -0.140. The lowest BCUT2D eigenvalue weighted by Gasteiger charge is -2.29. The maximum Gasteiger partial charge on any atom is 0.214 e. The Hall–Kier alpha value is -2.80. The van der Waals surface area contributed by atoms with E-state index in [4.69, 9.17) is 4.74 Å². The minimum Gasteiger partial charge on any atom is -0.481 e. The predicted molar refractivity (Wildman–Crippen MR) is 90.3 cm³/mol. The van der Waals surface area contributed by atoms with Crippen molar-refractivity contribution in [3.05, 3.63) is 47.4 Å². The number of hydrogen-bond acceptors (Lipinski definition) is 6. The quantitative estimate of drug-likeness (QED) is 0.908. The largest absolute Gasteiger partial charge is 0.481 e. The van der Waals surface area contributed by atoms with Gasteiger partial charge in [0.2, 0.25) is 11.7 Å². The Balaban J connectivity index is 1.86. The molecule has 0 aliphatic carbocycles. The third-order valence-electron chi connectivity index (χ3n) is 4.69. The molecule has 1 aromatic carbocycles. The minimum atomic E-state index is -1.74. The van der Waals surface area contributed by atoms with E-state index in [1.54, 1.807) is 30.2 Å². The fourth-order valence-electron chi connectivity index (χ4n) is 3.29. The summed E-state index contributed by atoms with van der Waals surface area (Å²) in [7, 11) is 1.52. The summed E-state index contributed by atoms with van der Waals surface area (Å²) in [5, 5.41) is 11.0. The summed E-state index contributed by atoms with van der Waals surface area (Å²) in [4.78, 5) is 23.1. The van der Waals surface area contributed by atoms with Crippen molar-refractivity contribution in [1.82, 2.24) is 4.98 Å². The number of aryl methyl sites for hydroxylation is 1. The Morgan fingerprint density at radius 1 is 1.36 bits per heavy atom. The summed E-state index contributed by atoms with van der Waals surface area (Å²) in [5.74, 6) is -0.323. The number of carbonyl (C=O) groups is 1. The Kier molecular flexibility index (Phi) is 3.36. The average Bonchev–Trinajstić information content (AvgIpc) is 2.95. The molecule has 1 atom stereocenters. The first-order valence-corrected chi connectivity index (χ1v) is 7.88. The van der Waals surface area contributed by atoms with Crippen LogP contribution in [0.25, 0.3) is 0 Å². The van der Waals surface area contributed by atoms with Crippen LogP contribution in [0.2, 0.25) is 0 Å². The first-order valence-electron chi connectivity index (χ1n) is 7.88. The van der Waals surface area contributed by atoms with E-state index in [2.05, 4.69) is 9.98 Å². The number of aromatic nitrogens is 1. The van der Waals surface area contributed by atoms with Crippen molar-refractivity contribution in [2.75, 3.05) is 18.6 Å². The van der Waals surface area contributed by atoms with Crippen LogP contribution >= 0.6 is 0 Å². The van der Waals surface area contributed by atoms with Crippen LogP contribution < -0.4 is 9.64 Å². The summed E-state index contributed by atoms with van der Waals surface area (Å²) < 4.78 is 19.0. The summed E-state index contributed by atoms with van der Waals surface area (Å²) >= 11 is 0. The molecule has 0 radical (unpaired) electrons. The maximum atomic E-state index is 13.9. The van der Waals surface area contributed by atoms with Crippen LogP contribution in [0.15, 0.2) is 35.5 Å². The molecule has 1 saturated heterocycles. The van der Waals surface area contributed by atoms with Gasteiger partial charge in [0.25, 0.3) is 0 Å². The number of methoxy groups -OCH3 is 1. The lowest BCUT2D eigenvalue weighted by atomic mass is 9.87. The van der Waals surface area contributed by atoms with E-state index in [0.29, 0.717) is 23.7 Å². The number of hydrogen-bond donors (Lipinski definition) is 1. The Labute approximate surface area is 143 Å². The highest BCUT2D eigenvalue weighted by molar-refractivity contribution is 6.28. The van der Waals surface area contributed by atoms with Crippen LogP contribution in [0, 0.1) is 12.7 Å². The van der Waals surface area contributed by atoms with Gasteiger partial charge in [0.15, 0.2) is 5.60 Å². The Morgan fingerprint density at radius 2 is 2.16 bits per heavy atom. The first-order chi connectivity index (χ1) is 11.9. The molecule has 0 saturated carbocycles. The van der Waals surface area contributed by atoms with Crippen molar-refractivity contribution in [2.24, 2.45) is 4.99 Å². The fraction of sp³-hybridized carbons (Fsp3) is 0.278. The van der Waals surface area contributed by atoms with Gasteiger partial charge >= 0.3 is 0 Å². The van der Waals surface area contributed by atoms with Crippen LogP contribution in [-0.4, -0.2) is 41.0 Å². The van der Waals surface area contributed by atoms with E-state index >= 15 is 0 Å². The van der Waals surface area contributed by atoms with Crippen molar-refractivity contribution >= 4 is 23.0 Å². The molecule has 2 aromatic rings. The summed E-state index contributed by atoms with van der Waals surface area (Å²) in [6.07, 6.45) is 1.77. The molecule has 0 amide bonds. The standard InChI is InChI=1S/C18H16FN3O3/c1-10-7-14-12(9-13(10)19)16(23)18(24)4-6-22(17(18)21-14)11-3-5-20-15(8-11)25-2/h3,5,7-9,24H,4,6H2,1-2H3/t18-/m1/s1. The van der Waals surface area contributed by atoms with E-state index < -0.39 is 17.2 Å². The van der Waals surface area contributed by atoms with Gasteiger partial charge in [0.05, 0.1) is 12.8 Å². The van der Waals surface area contributed by atoms with Gasteiger partial charge in [-0.3, -0.25) is 4.79 Å². The monoisotopic (exact) mass is 341 g/mol. The first kappa shape index (κ1) is 15.7. The van der Waals surface area contributed by atoms with Crippen molar-refractivity contribution in [1.29, 1.82) is 0 Å². The van der Waals surface area contributed by atoms with Crippen molar-refractivity contribution in [2.45, 2.75) is 18.9 Å². The Morgan fingerprint density at radius 3 is 2.92 bits per heavy atom. The van der Waals surface area contributed by atoms with Crippen molar-refractivity contribution < 1.29 is 19.0 Å². The highest BCUT2D eigenvalue weighted by Crippen LogP contribution is 2.40. The molecule has 2 aliphatic heterocycles. The van der Waals surface area contributed by atoms with Crippen LogP contribution in [0.5, 0.6) is 5.88 Å². The van der Waals surface area contributed by atoms with Gasteiger partial charge in [-0.15, -0.1) is 0 Å². The number of Topliss-reactive ketones (excluding diaryl/α,β-unsaturated/α-hetero) is 1. The number of rotatable bonds is 2. The van der Waals surface area contributed by atoms with Gasteiger partial charge in [0.1, 0.15) is 11.7 Å². The third-order valence-corrected chi connectivity index (χ3v) is 4.69. The molecule has 0 spiro atoms. The average molecular weight is 341 g/mol. The normalized spacial score (nSPS) is 21.7. The number of aliphatic hydroxyl groups is 1. The van der Waals surface area contributed by atoms with Crippen LogP contribution in [0.4, 0.5) is 15.8 Å². The van der Waals surface area contributed by atoms with Crippen LogP contribution in [-0.2, 0) is 0 Å². The number of fused-ring (bicyclic) bond motifs is 2. The maximum absolute atomic E-state index is 13.9. The smallest absolute Gasteiger partial charge is 0.214 e. The second kappa shape index (κ2) is 5.35. The second-order valence-electron chi connectivity index (χ2n) is 6.20. The molecule has 1 fully saturated rings. The molecule has 3 heterocycles. The molecule has 7 heteroatoms. The molecular weight excluding hydrogens is 325 g/mol. The number of anilines is 1. The third kappa shape index (κ3) is 2.23. The number of ketones is 1. The zero-order valence-corrected chi connectivity index (χ0v) is 13.8. The van der Waals surface area contributed by atoms with Gasteiger partial charge in [-0.05, 0) is 30.7 Å². The topological polar surface area (TPSA) is 75.0 Å². The number of nitrogens with zero attached hydrogens (tertiary/aromatic N) is 3. The van der Waals surface area contributed by atoms with Crippen LogP contribution in [0.1, 0.15) is 22.3 Å². The lowest BCUT2D eigenvalue weighted by molar-refractivity contribution is 0.0601. The van der Waals surface area contributed by atoms with Gasteiger partial charge in [0, 0.05) is 36.5 Å². The zero-order chi connectivity index (χ0) is 17.8. The molecule has 6 nitrogen and oxygen atoms in total. The highest BCUT2D eigenvalue weighted by Gasteiger charge is 2.52. The van der Waals surface area contributed by atoms with Gasteiger partial charge in [-0.25, -0.2) is 14.4 Å².